The normalized spacial score (nSPS) is 11.1. The third kappa shape index (κ3) is 2.84. The minimum absolute atomic E-state index is 0.287. The zero-order chi connectivity index (χ0) is 14.7. The van der Waals surface area contributed by atoms with E-state index in [-0.39, 0.29) is 11.5 Å². The van der Waals surface area contributed by atoms with Crippen molar-refractivity contribution in [3.8, 4) is 5.75 Å². The Morgan fingerprint density at radius 1 is 1.05 bits per heavy atom. The average Bonchev–Trinajstić information content (AvgIpc) is 2.53. The highest BCUT2D eigenvalue weighted by atomic mass is 16.5. The van der Waals surface area contributed by atoms with Crippen molar-refractivity contribution in [1.82, 2.24) is 4.98 Å². The van der Waals surface area contributed by atoms with Gasteiger partial charge in [-0.05, 0) is 35.9 Å². The Morgan fingerprint density at radius 2 is 1.81 bits per heavy atom. The number of methoxy groups -OCH3 is 1. The summed E-state index contributed by atoms with van der Waals surface area (Å²) in [7, 11) is 1.62. The van der Waals surface area contributed by atoms with Gasteiger partial charge in [-0.1, -0.05) is 24.3 Å². The lowest BCUT2D eigenvalue weighted by Gasteiger charge is -1.99. The molecule has 0 saturated carbocycles. The van der Waals surface area contributed by atoms with Crippen LogP contribution in [0.1, 0.15) is 11.5 Å². The summed E-state index contributed by atoms with van der Waals surface area (Å²) >= 11 is 0. The lowest BCUT2D eigenvalue weighted by molar-refractivity contribution is 0.415. The van der Waals surface area contributed by atoms with Gasteiger partial charge in [0.25, 0.3) is 0 Å². The monoisotopic (exact) mass is 279 g/mol. The largest absolute Gasteiger partial charge is 0.497 e. The highest BCUT2D eigenvalue weighted by Gasteiger charge is 2.02. The van der Waals surface area contributed by atoms with Crippen LogP contribution < -0.4 is 10.4 Å². The fourth-order valence-corrected chi connectivity index (χ4v) is 1.99. The standard InChI is InChI=1S/C17H13NO3/c1-20-13-9-6-12(7-10-13)8-11-16-18-15-5-3-2-4-14(15)17(19)21-16/h2-11H,1H3. The Bertz CT molecular complexity index is 848. The molecule has 1 heterocycles. The summed E-state index contributed by atoms with van der Waals surface area (Å²) in [5.41, 5.74) is 1.21. The molecule has 3 aromatic rings. The fraction of sp³-hybridized carbons (Fsp3) is 0.0588. The number of ether oxygens (including phenoxy) is 1. The molecule has 0 aliphatic rings. The van der Waals surface area contributed by atoms with Gasteiger partial charge in [0.2, 0.25) is 5.89 Å². The van der Waals surface area contributed by atoms with Crippen LogP contribution in [0.4, 0.5) is 0 Å². The van der Waals surface area contributed by atoms with Crippen LogP contribution >= 0.6 is 0 Å². The van der Waals surface area contributed by atoms with Crippen molar-refractivity contribution >= 4 is 23.1 Å². The number of hydrogen-bond acceptors (Lipinski definition) is 4. The van der Waals surface area contributed by atoms with Crippen LogP contribution in [0.5, 0.6) is 5.75 Å². The Labute approximate surface area is 121 Å². The first-order valence-corrected chi connectivity index (χ1v) is 6.48. The Hall–Kier alpha value is -2.88. The first kappa shape index (κ1) is 13.1. The van der Waals surface area contributed by atoms with Crippen LogP contribution in [0.25, 0.3) is 23.1 Å². The SMILES string of the molecule is COc1ccc(C=Cc2nc3ccccc3c(=O)o2)cc1. The van der Waals surface area contributed by atoms with E-state index in [4.69, 9.17) is 9.15 Å². The average molecular weight is 279 g/mol. The van der Waals surface area contributed by atoms with Gasteiger partial charge in [0.15, 0.2) is 0 Å². The molecule has 3 rings (SSSR count). The molecule has 2 aromatic carbocycles. The van der Waals surface area contributed by atoms with Crippen molar-refractivity contribution in [2.45, 2.75) is 0 Å². The number of hydrogen-bond donors (Lipinski definition) is 0. The van der Waals surface area contributed by atoms with Gasteiger partial charge in [-0.25, -0.2) is 9.78 Å². The van der Waals surface area contributed by atoms with E-state index in [9.17, 15) is 4.79 Å². The lowest BCUT2D eigenvalue weighted by atomic mass is 10.2. The molecule has 4 nitrogen and oxygen atoms in total. The predicted molar refractivity (Wildman–Crippen MR) is 82.2 cm³/mol. The number of nitrogens with zero attached hydrogens (tertiary/aromatic N) is 1. The molecule has 1 aromatic heterocycles. The quantitative estimate of drug-likeness (QED) is 0.737. The number of aromatic nitrogens is 1. The van der Waals surface area contributed by atoms with E-state index >= 15 is 0 Å². The Morgan fingerprint density at radius 3 is 2.57 bits per heavy atom. The smallest absolute Gasteiger partial charge is 0.347 e. The van der Waals surface area contributed by atoms with E-state index < -0.39 is 0 Å². The van der Waals surface area contributed by atoms with Crippen LogP contribution in [-0.2, 0) is 0 Å². The Balaban J connectivity index is 1.93. The second kappa shape index (κ2) is 5.63. The van der Waals surface area contributed by atoms with Crippen molar-refractivity contribution in [3.05, 3.63) is 70.4 Å². The maximum absolute atomic E-state index is 11.8. The minimum atomic E-state index is -0.380. The molecule has 0 unspecified atom stereocenters. The zero-order valence-electron chi connectivity index (χ0n) is 11.4. The highest BCUT2D eigenvalue weighted by Crippen LogP contribution is 2.14. The first-order chi connectivity index (χ1) is 10.3. The predicted octanol–water partition coefficient (Wildman–Crippen LogP) is 3.37. The molecule has 0 aliphatic carbocycles. The molecule has 4 heteroatoms. The second-order valence-electron chi connectivity index (χ2n) is 4.46. The second-order valence-corrected chi connectivity index (χ2v) is 4.46. The zero-order valence-corrected chi connectivity index (χ0v) is 11.4. The molecule has 0 radical (unpaired) electrons. The molecule has 21 heavy (non-hydrogen) atoms. The van der Waals surface area contributed by atoms with Crippen molar-refractivity contribution in [3.63, 3.8) is 0 Å². The molecular formula is C17H13NO3. The summed E-state index contributed by atoms with van der Waals surface area (Å²) in [6, 6.07) is 14.7. The summed E-state index contributed by atoms with van der Waals surface area (Å²) in [6.07, 6.45) is 3.51. The fourth-order valence-electron chi connectivity index (χ4n) is 1.99. The highest BCUT2D eigenvalue weighted by molar-refractivity contribution is 5.78. The maximum atomic E-state index is 11.8. The van der Waals surface area contributed by atoms with Crippen molar-refractivity contribution in [1.29, 1.82) is 0 Å². The summed E-state index contributed by atoms with van der Waals surface area (Å²) in [5, 5.41) is 0.485. The molecule has 0 atom stereocenters. The van der Waals surface area contributed by atoms with Crippen LogP contribution in [-0.4, -0.2) is 12.1 Å². The van der Waals surface area contributed by atoms with E-state index in [1.165, 1.54) is 0 Å². The van der Waals surface area contributed by atoms with E-state index in [1.807, 2.05) is 36.4 Å². The van der Waals surface area contributed by atoms with Gasteiger partial charge in [-0.2, -0.15) is 0 Å². The summed E-state index contributed by atoms with van der Waals surface area (Å²) < 4.78 is 10.3. The molecule has 104 valence electrons. The van der Waals surface area contributed by atoms with Gasteiger partial charge >= 0.3 is 5.63 Å². The first-order valence-electron chi connectivity index (χ1n) is 6.48. The van der Waals surface area contributed by atoms with Crippen molar-refractivity contribution in [2.75, 3.05) is 7.11 Å². The van der Waals surface area contributed by atoms with Gasteiger partial charge in [0.05, 0.1) is 18.0 Å². The molecule has 0 amide bonds. The third-order valence-electron chi connectivity index (χ3n) is 3.09. The maximum Gasteiger partial charge on any atom is 0.347 e. The molecule has 0 spiro atoms. The molecule has 0 bridgehead atoms. The van der Waals surface area contributed by atoms with E-state index in [1.54, 1.807) is 31.4 Å². The third-order valence-corrected chi connectivity index (χ3v) is 3.09. The number of rotatable bonds is 3. The minimum Gasteiger partial charge on any atom is -0.497 e. The van der Waals surface area contributed by atoms with E-state index in [0.717, 1.165) is 11.3 Å². The van der Waals surface area contributed by atoms with E-state index in [2.05, 4.69) is 4.98 Å². The molecule has 0 aliphatic heterocycles. The Kier molecular flexibility index (Phi) is 3.51. The van der Waals surface area contributed by atoms with Crippen molar-refractivity contribution in [2.24, 2.45) is 0 Å². The number of para-hydroxylation sites is 1. The summed E-state index contributed by atoms with van der Waals surface area (Å²) in [5.74, 6) is 1.08. The van der Waals surface area contributed by atoms with Gasteiger partial charge < -0.3 is 9.15 Å². The van der Waals surface area contributed by atoms with Gasteiger partial charge in [-0.3, -0.25) is 0 Å². The number of fused-ring (bicyclic) bond motifs is 1. The molecular weight excluding hydrogens is 266 g/mol. The van der Waals surface area contributed by atoms with Crippen molar-refractivity contribution < 1.29 is 9.15 Å². The lowest BCUT2D eigenvalue weighted by Crippen LogP contribution is -2.02. The summed E-state index contributed by atoms with van der Waals surface area (Å²) in [6.45, 7) is 0. The number of benzene rings is 2. The molecule has 0 N–H and O–H groups in total. The van der Waals surface area contributed by atoms with Gasteiger partial charge in [-0.15, -0.1) is 0 Å². The van der Waals surface area contributed by atoms with Gasteiger partial charge in [0.1, 0.15) is 5.75 Å². The van der Waals surface area contributed by atoms with Crippen LogP contribution in [0, 0.1) is 0 Å². The van der Waals surface area contributed by atoms with Crippen LogP contribution in [0.3, 0.4) is 0 Å². The molecule has 0 saturated heterocycles. The molecule has 0 fully saturated rings. The van der Waals surface area contributed by atoms with E-state index in [0.29, 0.717) is 10.9 Å². The van der Waals surface area contributed by atoms with Gasteiger partial charge in [0, 0.05) is 6.08 Å². The summed E-state index contributed by atoms with van der Waals surface area (Å²) in [4.78, 5) is 16.1. The van der Waals surface area contributed by atoms with Crippen LogP contribution in [0.15, 0.2) is 57.7 Å². The van der Waals surface area contributed by atoms with Crippen LogP contribution in [0.2, 0.25) is 0 Å². The topological polar surface area (TPSA) is 52.3 Å².